The van der Waals surface area contributed by atoms with Gasteiger partial charge in [0.2, 0.25) is 0 Å². The second kappa shape index (κ2) is 6.67. The molecule has 1 aromatic rings. The Balaban J connectivity index is 2.51. The van der Waals surface area contributed by atoms with Gasteiger partial charge in [0.25, 0.3) is 0 Å². The summed E-state index contributed by atoms with van der Waals surface area (Å²) < 4.78 is 0. The largest absolute Gasteiger partial charge is 0.175 e. The van der Waals surface area contributed by atoms with Crippen molar-refractivity contribution >= 4 is 47.6 Å². The van der Waals surface area contributed by atoms with E-state index in [1.54, 1.807) is 11.8 Å². The molecule has 0 aromatic heterocycles. The molecular formula is C10H10Cl2S2. The summed E-state index contributed by atoms with van der Waals surface area (Å²) >= 11 is 17.5. The van der Waals surface area contributed by atoms with Crippen LogP contribution in [0.2, 0.25) is 10.0 Å². The van der Waals surface area contributed by atoms with Crippen LogP contribution < -0.4 is 0 Å². The van der Waals surface area contributed by atoms with Crippen LogP contribution in [0, 0.1) is 0 Å². The molecular weight excluding hydrogens is 255 g/mol. The highest BCUT2D eigenvalue weighted by Gasteiger charge is 1.98. The molecule has 0 amide bonds. The van der Waals surface area contributed by atoms with E-state index in [4.69, 9.17) is 23.2 Å². The van der Waals surface area contributed by atoms with Gasteiger partial charge in [-0.15, -0.1) is 11.8 Å². The second-order valence-corrected chi connectivity index (χ2v) is 4.81. The Kier molecular flexibility index (Phi) is 5.87. The molecule has 0 N–H and O–H groups in total. The summed E-state index contributed by atoms with van der Waals surface area (Å²) in [5.41, 5.74) is 0. The van der Waals surface area contributed by atoms with Gasteiger partial charge in [0, 0.05) is 16.4 Å². The lowest BCUT2D eigenvalue weighted by Crippen LogP contribution is -1.76. The van der Waals surface area contributed by atoms with Gasteiger partial charge in [-0.3, -0.25) is 0 Å². The molecule has 14 heavy (non-hydrogen) atoms. The lowest BCUT2D eigenvalue weighted by Gasteiger charge is -2.00. The van der Waals surface area contributed by atoms with Gasteiger partial charge in [0.1, 0.15) is 0 Å². The van der Waals surface area contributed by atoms with E-state index in [9.17, 15) is 0 Å². The maximum atomic E-state index is 5.88. The first-order valence-corrected chi connectivity index (χ1v) is 6.45. The minimum absolute atomic E-state index is 0.599. The quantitative estimate of drug-likeness (QED) is 0.472. The van der Waals surface area contributed by atoms with Crippen LogP contribution in [-0.2, 0) is 0 Å². The molecule has 0 spiro atoms. The van der Waals surface area contributed by atoms with Crippen LogP contribution in [0.1, 0.15) is 0 Å². The van der Waals surface area contributed by atoms with E-state index in [2.05, 4.69) is 18.7 Å². The summed E-state index contributed by atoms with van der Waals surface area (Å²) in [6, 6.07) is 5.66. The van der Waals surface area contributed by atoms with Crippen molar-refractivity contribution in [2.45, 2.75) is 4.90 Å². The summed E-state index contributed by atoms with van der Waals surface area (Å²) in [6.07, 6.45) is 4.10. The van der Waals surface area contributed by atoms with Gasteiger partial charge in [-0.2, -0.15) is 12.6 Å². The molecule has 0 aliphatic carbocycles. The van der Waals surface area contributed by atoms with Crippen molar-refractivity contribution in [2.75, 3.05) is 11.5 Å². The van der Waals surface area contributed by atoms with Crippen molar-refractivity contribution in [1.29, 1.82) is 0 Å². The first-order chi connectivity index (χ1) is 6.74. The molecule has 0 saturated carbocycles. The molecule has 0 atom stereocenters. The van der Waals surface area contributed by atoms with E-state index in [0.717, 1.165) is 16.4 Å². The van der Waals surface area contributed by atoms with E-state index < -0.39 is 0 Å². The summed E-state index contributed by atoms with van der Waals surface area (Å²) in [7, 11) is 0. The fourth-order valence-corrected chi connectivity index (χ4v) is 2.16. The third-order valence-corrected chi connectivity index (χ3v) is 3.41. The third-order valence-electron chi connectivity index (χ3n) is 1.51. The maximum Gasteiger partial charge on any atom is 0.0603 e. The highest BCUT2D eigenvalue weighted by atomic mass is 35.5. The monoisotopic (exact) mass is 264 g/mol. The summed E-state index contributed by atoms with van der Waals surface area (Å²) in [5, 5.41) is 1.21. The zero-order valence-electron chi connectivity index (χ0n) is 7.41. The number of thiol groups is 1. The second-order valence-electron chi connectivity index (χ2n) is 2.54. The number of thioether (sulfide) groups is 1. The molecule has 0 unspecified atom stereocenters. The van der Waals surface area contributed by atoms with Crippen molar-refractivity contribution in [3.8, 4) is 0 Å². The van der Waals surface area contributed by atoms with Crippen LogP contribution in [-0.4, -0.2) is 11.5 Å². The van der Waals surface area contributed by atoms with Crippen LogP contribution in [0.5, 0.6) is 0 Å². The Hall–Kier alpha value is 0.240. The lowest BCUT2D eigenvalue weighted by atomic mass is 10.4. The van der Waals surface area contributed by atoms with Crippen LogP contribution >= 0.6 is 47.6 Å². The third kappa shape index (κ3) is 4.18. The minimum atomic E-state index is 0.599. The first kappa shape index (κ1) is 12.3. The number of benzene rings is 1. The van der Waals surface area contributed by atoms with Gasteiger partial charge in [-0.05, 0) is 18.2 Å². The SMILES string of the molecule is SCC=CCSc1ccc(Cl)c(Cl)c1. The highest BCUT2D eigenvalue weighted by molar-refractivity contribution is 7.99. The minimum Gasteiger partial charge on any atom is -0.175 e. The fraction of sp³-hybridized carbons (Fsp3) is 0.200. The van der Waals surface area contributed by atoms with Crippen molar-refractivity contribution in [3.63, 3.8) is 0 Å². The smallest absolute Gasteiger partial charge is 0.0603 e. The predicted octanol–water partition coefficient (Wildman–Crippen LogP) is 4.57. The molecule has 1 aromatic carbocycles. The standard InChI is InChI=1S/C10H10Cl2S2/c11-9-4-3-8(7-10(9)12)14-6-2-1-5-13/h1-4,7,13H,5-6H2. The molecule has 0 heterocycles. The van der Waals surface area contributed by atoms with Gasteiger partial charge in [-0.1, -0.05) is 35.4 Å². The fourth-order valence-electron chi connectivity index (χ4n) is 0.854. The Morgan fingerprint density at radius 2 is 2.00 bits per heavy atom. The molecule has 1 rings (SSSR count). The lowest BCUT2D eigenvalue weighted by molar-refractivity contribution is 1.46. The zero-order chi connectivity index (χ0) is 10.4. The van der Waals surface area contributed by atoms with Gasteiger partial charge in [0.05, 0.1) is 10.0 Å². The zero-order valence-corrected chi connectivity index (χ0v) is 10.6. The molecule has 4 heteroatoms. The number of rotatable bonds is 4. The first-order valence-electron chi connectivity index (χ1n) is 4.07. The van der Waals surface area contributed by atoms with E-state index in [0.29, 0.717) is 10.0 Å². The van der Waals surface area contributed by atoms with E-state index in [1.165, 1.54) is 0 Å². The topological polar surface area (TPSA) is 0 Å². The summed E-state index contributed by atoms with van der Waals surface area (Å²) in [4.78, 5) is 1.13. The van der Waals surface area contributed by atoms with E-state index in [1.807, 2.05) is 24.3 Å². The molecule has 0 nitrogen and oxygen atoms in total. The molecule has 0 radical (unpaired) electrons. The predicted molar refractivity (Wildman–Crippen MR) is 70.2 cm³/mol. The van der Waals surface area contributed by atoms with Crippen LogP contribution in [0.15, 0.2) is 35.2 Å². The van der Waals surface area contributed by atoms with Gasteiger partial charge < -0.3 is 0 Å². The van der Waals surface area contributed by atoms with Gasteiger partial charge >= 0.3 is 0 Å². The highest BCUT2D eigenvalue weighted by Crippen LogP contribution is 2.27. The average Bonchev–Trinajstić information content (AvgIpc) is 2.18. The Labute approximate surface area is 104 Å². The maximum absolute atomic E-state index is 5.88. The summed E-state index contributed by atoms with van der Waals surface area (Å²) in [6.45, 7) is 0. The molecule has 0 aliphatic heterocycles. The molecule has 0 bridgehead atoms. The molecule has 0 aliphatic rings. The normalized spacial score (nSPS) is 11.1. The molecule has 0 saturated heterocycles. The van der Waals surface area contributed by atoms with Crippen LogP contribution in [0.3, 0.4) is 0 Å². The van der Waals surface area contributed by atoms with E-state index in [-0.39, 0.29) is 0 Å². The Morgan fingerprint density at radius 1 is 1.21 bits per heavy atom. The number of hydrogen-bond donors (Lipinski definition) is 1. The van der Waals surface area contributed by atoms with Gasteiger partial charge in [0.15, 0.2) is 0 Å². The Morgan fingerprint density at radius 3 is 2.64 bits per heavy atom. The van der Waals surface area contributed by atoms with Crippen LogP contribution in [0.4, 0.5) is 0 Å². The summed E-state index contributed by atoms with van der Waals surface area (Å²) in [5.74, 6) is 1.71. The van der Waals surface area contributed by atoms with Gasteiger partial charge in [-0.25, -0.2) is 0 Å². The van der Waals surface area contributed by atoms with Crippen molar-refractivity contribution in [2.24, 2.45) is 0 Å². The van der Waals surface area contributed by atoms with Crippen molar-refractivity contribution in [3.05, 3.63) is 40.4 Å². The number of hydrogen-bond acceptors (Lipinski definition) is 2. The number of halogens is 2. The van der Waals surface area contributed by atoms with E-state index >= 15 is 0 Å². The molecule has 76 valence electrons. The Bertz CT molecular complexity index is 324. The van der Waals surface area contributed by atoms with Crippen molar-refractivity contribution < 1.29 is 0 Å². The molecule has 0 fully saturated rings. The van der Waals surface area contributed by atoms with Crippen LogP contribution in [0.25, 0.3) is 0 Å². The van der Waals surface area contributed by atoms with Crippen molar-refractivity contribution in [1.82, 2.24) is 0 Å². The average molecular weight is 265 g/mol.